The van der Waals surface area contributed by atoms with Crippen LogP contribution in [0.4, 0.5) is 0 Å². The first-order valence-electron chi connectivity index (χ1n) is 5.37. The molecule has 3 atom stereocenters. The zero-order chi connectivity index (χ0) is 10.2. The van der Waals surface area contributed by atoms with Gasteiger partial charge in [-0.25, -0.2) is 13.1 Å². The van der Waals surface area contributed by atoms with E-state index in [2.05, 4.69) is 18.6 Å². The van der Waals surface area contributed by atoms with E-state index in [-0.39, 0.29) is 16.9 Å². The largest absolute Gasteiger partial charge is 0.212 e. The van der Waals surface area contributed by atoms with Crippen LogP contribution in [0.25, 0.3) is 0 Å². The summed E-state index contributed by atoms with van der Waals surface area (Å²) in [5, 5.41) is 0. The van der Waals surface area contributed by atoms with Gasteiger partial charge >= 0.3 is 0 Å². The maximum Gasteiger partial charge on any atom is 0.212 e. The second kappa shape index (κ2) is 2.19. The lowest BCUT2D eigenvalue weighted by Gasteiger charge is -2.36. The molecule has 1 saturated heterocycles. The minimum Gasteiger partial charge on any atom is -0.212 e. The summed E-state index contributed by atoms with van der Waals surface area (Å²) >= 11 is 0. The Morgan fingerprint density at radius 2 is 2.07 bits per heavy atom. The Labute approximate surface area is 85.3 Å². The molecule has 1 spiro atoms. The first-order valence-corrected chi connectivity index (χ1v) is 7.03. The molecule has 2 aliphatic carbocycles. The van der Waals surface area contributed by atoms with Crippen LogP contribution in [0.5, 0.6) is 0 Å². The van der Waals surface area contributed by atoms with E-state index in [1.54, 1.807) is 0 Å². The summed E-state index contributed by atoms with van der Waals surface area (Å²) in [6.07, 6.45) is 3.38. The lowest BCUT2D eigenvalue weighted by atomic mass is 9.69. The van der Waals surface area contributed by atoms with Crippen molar-refractivity contribution in [2.24, 2.45) is 16.7 Å². The van der Waals surface area contributed by atoms with Crippen LogP contribution in [-0.4, -0.2) is 20.2 Å². The normalized spacial score (nSPS) is 52.1. The highest BCUT2D eigenvalue weighted by Gasteiger charge is 2.68. The SMILES string of the molecule is CC1(C)[C@H]2CCC13CS(=O)(=O)N[C@@H]3C2. The predicted octanol–water partition coefficient (Wildman–Crippen LogP) is 1.11. The van der Waals surface area contributed by atoms with E-state index in [1.807, 2.05) is 0 Å². The van der Waals surface area contributed by atoms with Gasteiger partial charge in [-0.2, -0.15) is 0 Å². The number of hydrogen-bond donors (Lipinski definition) is 1. The Kier molecular flexibility index (Phi) is 1.43. The lowest BCUT2D eigenvalue weighted by Crippen LogP contribution is -2.39. The zero-order valence-electron chi connectivity index (χ0n) is 8.71. The van der Waals surface area contributed by atoms with E-state index < -0.39 is 10.0 Å². The Hall–Kier alpha value is -0.0900. The summed E-state index contributed by atoms with van der Waals surface area (Å²) in [6, 6.07) is 0.237. The highest BCUT2D eigenvalue weighted by molar-refractivity contribution is 7.89. The lowest BCUT2D eigenvalue weighted by molar-refractivity contribution is 0.146. The van der Waals surface area contributed by atoms with Crippen LogP contribution in [-0.2, 0) is 10.0 Å². The molecule has 1 heterocycles. The maximum atomic E-state index is 11.6. The summed E-state index contributed by atoms with van der Waals surface area (Å²) in [5.74, 6) is 1.10. The Morgan fingerprint density at radius 3 is 2.64 bits per heavy atom. The van der Waals surface area contributed by atoms with Gasteiger partial charge in [-0.15, -0.1) is 0 Å². The second-order valence-corrected chi connectivity index (χ2v) is 7.53. The van der Waals surface area contributed by atoms with E-state index in [0.29, 0.717) is 5.75 Å². The molecular formula is C10H17NO2S. The number of hydrogen-bond acceptors (Lipinski definition) is 2. The highest BCUT2D eigenvalue weighted by Crippen LogP contribution is 2.67. The highest BCUT2D eigenvalue weighted by atomic mass is 32.2. The van der Waals surface area contributed by atoms with E-state index >= 15 is 0 Å². The van der Waals surface area contributed by atoms with Gasteiger partial charge in [0.05, 0.1) is 5.75 Å². The number of nitrogens with one attached hydrogen (secondary N) is 1. The monoisotopic (exact) mass is 215 g/mol. The molecule has 0 aromatic rings. The molecule has 0 aromatic carbocycles. The van der Waals surface area contributed by atoms with Crippen molar-refractivity contribution in [1.82, 2.24) is 4.72 Å². The molecule has 0 amide bonds. The average Bonchev–Trinajstić information content (AvgIpc) is 2.50. The molecule has 3 nitrogen and oxygen atoms in total. The third-order valence-corrected chi connectivity index (χ3v) is 6.74. The Morgan fingerprint density at radius 1 is 1.36 bits per heavy atom. The Balaban J connectivity index is 2.13. The molecule has 80 valence electrons. The first-order chi connectivity index (χ1) is 6.37. The summed E-state index contributed by atoms with van der Waals surface area (Å²) in [6.45, 7) is 4.51. The third-order valence-electron chi connectivity index (χ3n) is 5.20. The van der Waals surface area contributed by atoms with Gasteiger partial charge in [0.15, 0.2) is 0 Å². The zero-order valence-corrected chi connectivity index (χ0v) is 9.52. The van der Waals surface area contributed by atoms with Crippen LogP contribution < -0.4 is 4.72 Å². The van der Waals surface area contributed by atoms with Gasteiger partial charge in [-0.3, -0.25) is 0 Å². The second-order valence-electron chi connectivity index (χ2n) is 5.78. The third kappa shape index (κ3) is 0.807. The number of rotatable bonds is 0. The van der Waals surface area contributed by atoms with Crippen LogP contribution in [0.3, 0.4) is 0 Å². The van der Waals surface area contributed by atoms with E-state index in [0.717, 1.165) is 18.8 Å². The fourth-order valence-corrected chi connectivity index (χ4v) is 6.42. The predicted molar refractivity (Wildman–Crippen MR) is 54.3 cm³/mol. The van der Waals surface area contributed by atoms with Gasteiger partial charge in [0, 0.05) is 11.5 Å². The molecule has 0 aromatic heterocycles. The van der Waals surface area contributed by atoms with Crippen LogP contribution in [0.1, 0.15) is 33.1 Å². The Bertz CT molecular complexity index is 387. The summed E-state index contributed by atoms with van der Waals surface area (Å²) in [5.41, 5.74) is 0.269. The molecule has 0 radical (unpaired) electrons. The van der Waals surface area contributed by atoms with E-state index in [4.69, 9.17) is 0 Å². The standard InChI is InChI=1S/C10H17NO2S/c1-9(2)7-3-4-10(9)6-14(12,13)11-8(10)5-7/h7-8,11H,3-6H2,1-2H3/t7-,8+,10?/m0/s1. The van der Waals surface area contributed by atoms with Crippen LogP contribution in [0.2, 0.25) is 0 Å². The van der Waals surface area contributed by atoms with E-state index in [9.17, 15) is 8.42 Å². The first kappa shape index (κ1) is 9.16. The molecule has 2 saturated carbocycles. The van der Waals surface area contributed by atoms with Crippen LogP contribution in [0.15, 0.2) is 0 Å². The average molecular weight is 215 g/mol. The molecule has 1 unspecified atom stereocenters. The minimum atomic E-state index is -2.97. The van der Waals surface area contributed by atoms with Crippen molar-refractivity contribution in [2.75, 3.05) is 5.75 Å². The molecule has 3 fully saturated rings. The van der Waals surface area contributed by atoms with Crippen LogP contribution in [0, 0.1) is 16.7 Å². The minimum absolute atomic E-state index is 0.0521. The molecule has 2 bridgehead atoms. The van der Waals surface area contributed by atoms with Gasteiger partial charge < -0.3 is 0 Å². The van der Waals surface area contributed by atoms with Gasteiger partial charge in [0.2, 0.25) is 10.0 Å². The van der Waals surface area contributed by atoms with Crippen molar-refractivity contribution in [1.29, 1.82) is 0 Å². The molecule has 4 heteroatoms. The van der Waals surface area contributed by atoms with Gasteiger partial charge in [-0.1, -0.05) is 13.8 Å². The molecular weight excluding hydrogens is 198 g/mol. The van der Waals surface area contributed by atoms with Crippen molar-refractivity contribution in [3.8, 4) is 0 Å². The van der Waals surface area contributed by atoms with Crippen molar-refractivity contribution in [3.05, 3.63) is 0 Å². The maximum absolute atomic E-state index is 11.6. The summed E-state index contributed by atoms with van der Waals surface area (Å²) in [7, 11) is -2.97. The van der Waals surface area contributed by atoms with Gasteiger partial charge in [0.25, 0.3) is 0 Å². The van der Waals surface area contributed by atoms with Crippen LogP contribution >= 0.6 is 0 Å². The van der Waals surface area contributed by atoms with Crippen molar-refractivity contribution in [3.63, 3.8) is 0 Å². The molecule has 14 heavy (non-hydrogen) atoms. The van der Waals surface area contributed by atoms with E-state index in [1.165, 1.54) is 6.42 Å². The number of fused-ring (bicyclic) bond motifs is 1. The topological polar surface area (TPSA) is 46.2 Å². The number of sulfonamides is 1. The van der Waals surface area contributed by atoms with Gasteiger partial charge in [-0.05, 0) is 30.6 Å². The fraction of sp³-hybridized carbons (Fsp3) is 1.00. The molecule has 1 N–H and O–H groups in total. The summed E-state index contributed by atoms with van der Waals surface area (Å²) in [4.78, 5) is 0. The fourth-order valence-electron chi connectivity index (χ4n) is 4.18. The summed E-state index contributed by atoms with van der Waals surface area (Å²) < 4.78 is 26.0. The van der Waals surface area contributed by atoms with Crippen molar-refractivity contribution in [2.45, 2.75) is 39.2 Å². The smallest absolute Gasteiger partial charge is 0.212 e. The molecule has 1 aliphatic heterocycles. The molecule has 3 aliphatic rings. The van der Waals surface area contributed by atoms with Gasteiger partial charge in [0.1, 0.15) is 0 Å². The van der Waals surface area contributed by atoms with Crippen molar-refractivity contribution < 1.29 is 8.42 Å². The molecule has 3 rings (SSSR count). The quantitative estimate of drug-likeness (QED) is 0.658. The van der Waals surface area contributed by atoms with Crippen molar-refractivity contribution >= 4 is 10.0 Å².